The van der Waals surface area contributed by atoms with Crippen LogP contribution in [0.15, 0.2) is 0 Å². The molecule has 1 fully saturated rings. The van der Waals surface area contributed by atoms with Gasteiger partial charge in [-0.3, -0.25) is 4.79 Å². The average molecular weight is 211 g/mol. The van der Waals surface area contributed by atoms with Gasteiger partial charge in [-0.05, 0) is 25.2 Å². The van der Waals surface area contributed by atoms with Gasteiger partial charge in [-0.25, -0.2) is 0 Å². The van der Waals surface area contributed by atoms with Gasteiger partial charge in [0.1, 0.15) is 0 Å². The Morgan fingerprint density at radius 2 is 1.47 bits per heavy atom. The number of carboxylic acids is 1. The Morgan fingerprint density at radius 1 is 1.00 bits per heavy atom. The maximum Gasteiger partial charge on any atom is 0.303 e. The largest absolute Gasteiger partial charge is 0.481 e. The second kappa shape index (κ2) is 10.0. The van der Waals surface area contributed by atoms with Crippen molar-refractivity contribution in [2.24, 2.45) is 0 Å². The fourth-order valence-corrected chi connectivity index (χ4v) is 1.94. The number of hydrogen-bond acceptors (Lipinski definition) is 1. The molecule has 0 unspecified atom stereocenters. The van der Waals surface area contributed by atoms with Crippen molar-refractivity contribution < 1.29 is 9.90 Å². The molecule has 5 radical (unpaired) electrons. The van der Waals surface area contributed by atoms with E-state index in [2.05, 4.69) is 0 Å². The second-order valence-corrected chi connectivity index (χ2v) is 3.91. The van der Waals surface area contributed by atoms with Crippen molar-refractivity contribution in [2.75, 3.05) is 0 Å². The summed E-state index contributed by atoms with van der Waals surface area (Å²) in [4.78, 5) is 10.4. The Hall–Kier alpha value is -0.530. The van der Waals surface area contributed by atoms with Crippen LogP contribution in [0.1, 0.15) is 57.8 Å². The molecule has 1 saturated carbocycles. The van der Waals surface area contributed by atoms with Gasteiger partial charge in [-0.2, -0.15) is 0 Å². The smallest absolute Gasteiger partial charge is 0.303 e. The molecule has 0 atom stereocenters. The third-order valence-electron chi connectivity index (χ3n) is 2.75. The minimum absolute atomic E-state index is 0. The van der Waals surface area contributed by atoms with Crippen LogP contribution in [-0.4, -0.2) is 11.1 Å². The van der Waals surface area contributed by atoms with Gasteiger partial charge in [-0.15, -0.1) is 0 Å². The van der Waals surface area contributed by atoms with Crippen LogP contribution in [0.4, 0.5) is 0 Å². The molecule has 0 aromatic rings. The number of aliphatic carboxylic acids is 1. The number of carbonyl (C=O) groups is 1. The fraction of sp³-hybridized carbons (Fsp3) is 0.692. The van der Waals surface area contributed by atoms with Gasteiger partial charge in [-0.1, -0.05) is 47.0 Å². The van der Waals surface area contributed by atoms with E-state index < -0.39 is 5.97 Å². The first-order valence-electron chi connectivity index (χ1n) is 5.34. The minimum Gasteiger partial charge on any atom is -0.481 e. The zero-order chi connectivity index (χ0) is 9.52. The van der Waals surface area contributed by atoms with Gasteiger partial charge < -0.3 is 5.11 Å². The molecule has 1 aliphatic carbocycles. The first kappa shape index (κ1) is 16.9. The van der Waals surface area contributed by atoms with Gasteiger partial charge in [0, 0.05) is 6.42 Å². The van der Waals surface area contributed by atoms with Crippen molar-refractivity contribution in [1.29, 1.82) is 0 Å². The molecule has 0 saturated heterocycles. The van der Waals surface area contributed by atoms with Crippen LogP contribution in [0.2, 0.25) is 0 Å². The third kappa shape index (κ3) is 8.46. The Morgan fingerprint density at radius 3 is 1.93 bits per heavy atom. The summed E-state index contributed by atoms with van der Waals surface area (Å²) in [7, 11) is 0. The summed E-state index contributed by atoms with van der Waals surface area (Å²) < 4.78 is 0. The summed E-state index contributed by atoms with van der Waals surface area (Å²) >= 11 is 0. The molecule has 1 N–H and O–H groups in total. The van der Waals surface area contributed by atoms with Crippen LogP contribution in [-0.2, 0) is 4.79 Å². The first-order chi connectivity index (χ1) is 6.29. The normalized spacial score (nSPS) is 17.9. The quantitative estimate of drug-likeness (QED) is 0.770. The van der Waals surface area contributed by atoms with Crippen LogP contribution in [0.5, 0.6) is 0 Å². The van der Waals surface area contributed by atoms with E-state index in [1.165, 1.54) is 50.9 Å². The maximum absolute atomic E-state index is 10.4. The van der Waals surface area contributed by atoms with Gasteiger partial charge in [0.2, 0.25) is 0 Å². The number of hydrogen-bond donors (Lipinski definition) is 1. The summed E-state index contributed by atoms with van der Waals surface area (Å²) in [5.41, 5.74) is 0. The van der Waals surface area contributed by atoms with Crippen LogP contribution in [0, 0.1) is 20.8 Å². The van der Waals surface area contributed by atoms with Crippen LogP contribution < -0.4 is 0 Å². The van der Waals surface area contributed by atoms with E-state index in [0.29, 0.717) is 6.42 Å². The molecule has 2 nitrogen and oxygen atoms in total. The maximum atomic E-state index is 10.4. The zero-order valence-electron chi connectivity index (χ0n) is 9.63. The predicted octanol–water partition coefficient (Wildman–Crippen LogP) is 3.82. The molecule has 0 aromatic heterocycles. The summed E-state index contributed by atoms with van der Waals surface area (Å²) in [6, 6.07) is 0. The van der Waals surface area contributed by atoms with Crippen molar-refractivity contribution in [3.05, 3.63) is 20.8 Å². The number of rotatable bonds is 3. The summed E-state index contributed by atoms with van der Waals surface area (Å²) in [5, 5.41) is 8.56. The molecule has 2 heteroatoms. The van der Waals surface area contributed by atoms with Gasteiger partial charge >= 0.3 is 5.97 Å². The van der Waals surface area contributed by atoms with Crippen molar-refractivity contribution >= 4 is 5.97 Å². The fourth-order valence-electron chi connectivity index (χ4n) is 1.94. The summed E-state index contributed by atoms with van der Waals surface area (Å²) in [6.45, 7) is 0. The SMILES string of the molecule is O=C(O)CC[C]1CCCCCCC1.[CH2].[CH2]. The van der Waals surface area contributed by atoms with Gasteiger partial charge in [0.15, 0.2) is 0 Å². The van der Waals surface area contributed by atoms with E-state index in [1.807, 2.05) is 0 Å². The summed E-state index contributed by atoms with van der Waals surface area (Å²) in [5.74, 6) is 0.830. The molecule has 87 valence electrons. The van der Waals surface area contributed by atoms with Crippen molar-refractivity contribution in [2.45, 2.75) is 57.8 Å². The van der Waals surface area contributed by atoms with E-state index in [1.54, 1.807) is 0 Å². The average Bonchev–Trinajstić information content (AvgIpc) is 2.01. The van der Waals surface area contributed by atoms with E-state index >= 15 is 0 Å². The Kier molecular flexibility index (Phi) is 11.3. The van der Waals surface area contributed by atoms with Crippen LogP contribution in [0.25, 0.3) is 0 Å². The van der Waals surface area contributed by atoms with Crippen molar-refractivity contribution in [3.63, 3.8) is 0 Å². The lowest BCUT2D eigenvalue weighted by molar-refractivity contribution is -0.137. The molecule has 15 heavy (non-hydrogen) atoms. The molecule has 0 aliphatic heterocycles. The van der Waals surface area contributed by atoms with Crippen molar-refractivity contribution in [1.82, 2.24) is 0 Å². The molecule has 0 heterocycles. The lowest BCUT2D eigenvalue weighted by Crippen LogP contribution is -2.04. The van der Waals surface area contributed by atoms with Gasteiger partial charge in [0.25, 0.3) is 0 Å². The van der Waals surface area contributed by atoms with Gasteiger partial charge in [0.05, 0.1) is 0 Å². The highest BCUT2D eigenvalue weighted by Crippen LogP contribution is 2.27. The molecule has 0 amide bonds. The Bertz CT molecular complexity index is 147. The molecule has 1 rings (SSSR count). The zero-order valence-corrected chi connectivity index (χ0v) is 9.63. The topological polar surface area (TPSA) is 37.3 Å². The summed E-state index contributed by atoms with van der Waals surface area (Å²) in [6.07, 6.45) is 10.1. The molecule has 0 aromatic carbocycles. The highest BCUT2D eigenvalue weighted by molar-refractivity contribution is 5.66. The number of carboxylic acid groups (broad SMARTS) is 1. The van der Waals surface area contributed by atoms with Crippen LogP contribution in [0.3, 0.4) is 0 Å². The molecule has 1 aliphatic rings. The monoisotopic (exact) mass is 211 g/mol. The highest BCUT2D eigenvalue weighted by Gasteiger charge is 2.12. The lowest BCUT2D eigenvalue weighted by Gasteiger charge is -2.17. The molecular weight excluding hydrogens is 188 g/mol. The predicted molar refractivity (Wildman–Crippen MR) is 63.1 cm³/mol. The van der Waals surface area contributed by atoms with E-state index in [4.69, 9.17) is 5.11 Å². The minimum atomic E-state index is -0.658. The highest BCUT2D eigenvalue weighted by atomic mass is 16.4. The van der Waals surface area contributed by atoms with Crippen molar-refractivity contribution in [3.8, 4) is 0 Å². The first-order valence-corrected chi connectivity index (χ1v) is 5.34. The lowest BCUT2D eigenvalue weighted by atomic mass is 9.88. The third-order valence-corrected chi connectivity index (χ3v) is 2.75. The van der Waals surface area contributed by atoms with Crippen LogP contribution >= 0.6 is 0 Å². The van der Waals surface area contributed by atoms with E-state index in [-0.39, 0.29) is 14.9 Å². The molecule has 0 bridgehead atoms. The second-order valence-electron chi connectivity index (χ2n) is 3.91. The Labute approximate surface area is 95.1 Å². The molecule has 0 spiro atoms. The standard InChI is InChI=1S/C11H19O2.2CH2/c12-11(13)9-8-10-6-4-2-1-3-5-7-10;;/h1-9H2,(H,12,13);2*1H2. The molecular formula is C13H23O2. The Balaban J connectivity index is 0. The van der Waals surface area contributed by atoms with E-state index in [0.717, 1.165) is 6.42 Å². The van der Waals surface area contributed by atoms with E-state index in [9.17, 15) is 4.79 Å².